The number of carboxylic acids is 2. The molecular formula is C13H10N2O5. The largest absolute Gasteiger partial charge is 0.478 e. The number of rotatable bonds is 4. The van der Waals surface area contributed by atoms with E-state index in [2.05, 4.69) is 5.10 Å². The summed E-state index contributed by atoms with van der Waals surface area (Å²) in [5, 5.41) is 22.0. The van der Waals surface area contributed by atoms with E-state index >= 15 is 0 Å². The van der Waals surface area contributed by atoms with Gasteiger partial charge in [0, 0.05) is 6.20 Å². The molecule has 0 aliphatic carbocycles. The molecule has 102 valence electrons. The van der Waals surface area contributed by atoms with Gasteiger partial charge >= 0.3 is 11.9 Å². The summed E-state index contributed by atoms with van der Waals surface area (Å²) in [7, 11) is 0. The van der Waals surface area contributed by atoms with E-state index in [1.54, 1.807) is 6.92 Å². The molecule has 20 heavy (non-hydrogen) atoms. The predicted octanol–water partition coefficient (Wildman–Crippen LogP) is 1.39. The van der Waals surface area contributed by atoms with E-state index < -0.39 is 11.9 Å². The first-order valence-corrected chi connectivity index (χ1v) is 5.56. The van der Waals surface area contributed by atoms with E-state index in [1.807, 2.05) is 0 Å². The monoisotopic (exact) mass is 274 g/mol. The summed E-state index contributed by atoms with van der Waals surface area (Å²) in [6, 6.07) is 3.64. The molecule has 0 radical (unpaired) electrons. The highest BCUT2D eigenvalue weighted by Gasteiger charge is 2.13. The zero-order valence-corrected chi connectivity index (χ0v) is 10.4. The molecule has 7 nitrogen and oxygen atoms in total. The fourth-order valence-corrected chi connectivity index (χ4v) is 1.71. The molecule has 0 saturated carbocycles. The van der Waals surface area contributed by atoms with Gasteiger partial charge in [-0.25, -0.2) is 14.3 Å². The third kappa shape index (κ3) is 2.41. The van der Waals surface area contributed by atoms with Crippen LogP contribution in [0.15, 0.2) is 24.4 Å². The minimum Gasteiger partial charge on any atom is -0.478 e. The minimum absolute atomic E-state index is 0.166. The molecular weight excluding hydrogens is 264 g/mol. The van der Waals surface area contributed by atoms with Crippen molar-refractivity contribution < 1.29 is 24.6 Å². The predicted molar refractivity (Wildman–Crippen MR) is 67.6 cm³/mol. The molecule has 0 amide bonds. The Labute approximate surface area is 113 Å². The topological polar surface area (TPSA) is 109 Å². The Morgan fingerprint density at radius 1 is 1.15 bits per heavy atom. The molecule has 0 spiro atoms. The highest BCUT2D eigenvalue weighted by atomic mass is 16.4. The molecule has 2 rings (SSSR count). The zero-order chi connectivity index (χ0) is 14.9. The number of nitrogens with zero attached hydrogens (tertiary/aromatic N) is 2. The van der Waals surface area contributed by atoms with Crippen molar-refractivity contribution in [2.75, 3.05) is 0 Å². The molecule has 1 heterocycles. The maximum atomic E-state index is 11.0. The molecule has 7 heteroatoms. The second-order valence-electron chi connectivity index (χ2n) is 4.11. The smallest absolute Gasteiger partial charge is 0.335 e. The second kappa shape index (κ2) is 4.96. The van der Waals surface area contributed by atoms with Crippen molar-refractivity contribution in [2.24, 2.45) is 0 Å². The fourth-order valence-electron chi connectivity index (χ4n) is 1.71. The zero-order valence-electron chi connectivity index (χ0n) is 10.4. The highest BCUT2D eigenvalue weighted by Crippen LogP contribution is 2.16. The van der Waals surface area contributed by atoms with Crippen LogP contribution in [0.1, 0.15) is 36.8 Å². The standard InChI is InChI=1S/C13H10N2O5/c1-7-10(6-16)5-15(14-7)11-3-8(12(17)18)2-9(4-11)13(19)20/h2-6H,1H3,(H,17,18)(H,19,20). The normalized spacial score (nSPS) is 10.2. The van der Waals surface area contributed by atoms with Crippen molar-refractivity contribution in [1.82, 2.24) is 9.78 Å². The molecule has 0 aliphatic rings. The lowest BCUT2D eigenvalue weighted by Gasteiger charge is -2.05. The second-order valence-corrected chi connectivity index (χ2v) is 4.11. The minimum atomic E-state index is -1.24. The Kier molecular flexibility index (Phi) is 3.34. The Bertz CT molecular complexity index is 685. The lowest BCUT2D eigenvalue weighted by molar-refractivity contribution is 0.0696. The molecule has 1 aromatic heterocycles. The Morgan fingerprint density at radius 2 is 1.70 bits per heavy atom. The summed E-state index contributed by atoms with van der Waals surface area (Å²) in [4.78, 5) is 32.8. The van der Waals surface area contributed by atoms with Crippen molar-refractivity contribution in [3.8, 4) is 5.69 Å². The van der Waals surface area contributed by atoms with E-state index in [1.165, 1.54) is 23.0 Å². The molecule has 0 saturated heterocycles. The number of carboxylic acid groups (broad SMARTS) is 2. The lowest BCUT2D eigenvalue weighted by atomic mass is 10.1. The van der Waals surface area contributed by atoms with Gasteiger partial charge < -0.3 is 10.2 Å². The summed E-state index contributed by atoms with van der Waals surface area (Å²) in [5.74, 6) is -2.48. The molecule has 0 aliphatic heterocycles. The first-order chi connectivity index (χ1) is 9.42. The first-order valence-electron chi connectivity index (χ1n) is 5.56. The van der Waals surface area contributed by atoms with Crippen LogP contribution in [0.2, 0.25) is 0 Å². The summed E-state index contributed by atoms with van der Waals surface area (Å²) in [6.07, 6.45) is 2.03. The molecule has 1 aromatic carbocycles. The summed E-state index contributed by atoms with van der Waals surface area (Å²) >= 11 is 0. The van der Waals surface area contributed by atoms with Crippen LogP contribution in [-0.4, -0.2) is 38.2 Å². The maximum absolute atomic E-state index is 11.0. The number of aromatic nitrogens is 2. The van der Waals surface area contributed by atoms with Gasteiger partial charge in [-0.2, -0.15) is 5.10 Å². The van der Waals surface area contributed by atoms with Gasteiger partial charge in [0.15, 0.2) is 6.29 Å². The lowest BCUT2D eigenvalue weighted by Crippen LogP contribution is -2.06. The van der Waals surface area contributed by atoms with Gasteiger partial charge in [-0.05, 0) is 25.1 Å². The third-order valence-electron chi connectivity index (χ3n) is 2.74. The number of benzene rings is 1. The van der Waals surface area contributed by atoms with Crippen LogP contribution < -0.4 is 0 Å². The van der Waals surface area contributed by atoms with E-state index in [0.717, 1.165) is 6.07 Å². The van der Waals surface area contributed by atoms with Crippen molar-refractivity contribution >= 4 is 18.2 Å². The molecule has 0 atom stereocenters. The molecule has 0 unspecified atom stereocenters. The van der Waals surface area contributed by atoms with E-state index in [4.69, 9.17) is 10.2 Å². The number of carbonyl (C=O) groups is 3. The summed E-state index contributed by atoms with van der Waals surface area (Å²) in [5.41, 5.74) is 0.750. The van der Waals surface area contributed by atoms with E-state index in [0.29, 0.717) is 17.5 Å². The van der Waals surface area contributed by atoms with Crippen LogP contribution in [0.25, 0.3) is 5.69 Å². The average Bonchev–Trinajstić information content (AvgIpc) is 2.79. The first kappa shape index (κ1) is 13.5. The van der Waals surface area contributed by atoms with Gasteiger partial charge in [0.2, 0.25) is 0 Å². The van der Waals surface area contributed by atoms with Gasteiger partial charge in [-0.3, -0.25) is 4.79 Å². The van der Waals surface area contributed by atoms with Crippen LogP contribution >= 0.6 is 0 Å². The van der Waals surface area contributed by atoms with Gasteiger partial charge in [-0.15, -0.1) is 0 Å². The Balaban J connectivity index is 2.62. The van der Waals surface area contributed by atoms with Crippen LogP contribution in [0.5, 0.6) is 0 Å². The van der Waals surface area contributed by atoms with Crippen molar-refractivity contribution in [1.29, 1.82) is 0 Å². The van der Waals surface area contributed by atoms with Crippen molar-refractivity contribution in [3.05, 3.63) is 46.8 Å². The van der Waals surface area contributed by atoms with Gasteiger partial charge in [0.1, 0.15) is 0 Å². The van der Waals surface area contributed by atoms with Crippen molar-refractivity contribution in [2.45, 2.75) is 6.92 Å². The number of hydrogen-bond donors (Lipinski definition) is 2. The van der Waals surface area contributed by atoms with Crippen LogP contribution in [0.4, 0.5) is 0 Å². The fraction of sp³-hybridized carbons (Fsp3) is 0.0769. The highest BCUT2D eigenvalue weighted by molar-refractivity contribution is 5.94. The molecule has 2 aromatic rings. The number of aldehydes is 1. The Morgan fingerprint density at radius 3 is 2.10 bits per heavy atom. The quantitative estimate of drug-likeness (QED) is 0.815. The number of aromatic carboxylic acids is 2. The number of aryl methyl sites for hydroxylation is 1. The number of carbonyl (C=O) groups excluding carboxylic acids is 1. The maximum Gasteiger partial charge on any atom is 0.335 e. The van der Waals surface area contributed by atoms with Crippen LogP contribution in [-0.2, 0) is 0 Å². The van der Waals surface area contributed by atoms with E-state index in [-0.39, 0.29) is 16.8 Å². The SMILES string of the molecule is Cc1nn(-c2cc(C(=O)O)cc(C(=O)O)c2)cc1C=O. The van der Waals surface area contributed by atoms with Crippen LogP contribution in [0.3, 0.4) is 0 Å². The van der Waals surface area contributed by atoms with E-state index in [9.17, 15) is 14.4 Å². The molecule has 2 N–H and O–H groups in total. The van der Waals surface area contributed by atoms with Gasteiger partial charge in [0.05, 0.1) is 28.1 Å². The molecule has 0 fully saturated rings. The summed E-state index contributed by atoms with van der Waals surface area (Å²) < 4.78 is 1.28. The van der Waals surface area contributed by atoms with Gasteiger partial charge in [-0.1, -0.05) is 0 Å². The van der Waals surface area contributed by atoms with Crippen molar-refractivity contribution in [3.63, 3.8) is 0 Å². The third-order valence-corrected chi connectivity index (χ3v) is 2.74. The average molecular weight is 274 g/mol. The van der Waals surface area contributed by atoms with Gasteiger partial charge in [0.25, 0.3) is 0 Å². The Hall–Kier alpha value is -2.96. The van der Waals surface area contributed by atoms with Crippen LogP contribution in [0, 0.1) is 6.92 Å². The number of hydrogen-bond acceptors (Lipinski definition) is 4. The summed E-state index contributed by atoms with van der Waals surface area (Å²) in [6.45, 7) is 1.62. The molecule has 0 bridgehead atoms.